The minimum atomic E-state index is -0.700. The summed E-state index contributed by atoms with van der Waals surface area (Å²) in [5.74, 6) is 0. The van der Waals surface area contributed by atoms with Crippen LogP contribution in [0.15, 0.2) is 12.3 Å². The van der Waals surface area contributed by atoms with Gasteiger partial charge in [0.25, 0.3) is 0 Å². The van der Waals surface area contributed by atoms with Gasteiger partial charge in [-0.05, 0) is 0 Å². The van der Waals surface area contributed by atoms with Crippen molar-refractivity contribution in [3.63, 3.8) is 0 Å². The first-order chi connectivity index (χ1) is 3.27. The average molecular weight is 101 g/mol. The van der Waals surface area contributed by atoms with E-state index >= 15 is 0 Å². The Labute approximate surface area is 39.6 Å². The molecule has 0 aliphatic carbocycles. The Hall–Kier alpha value is -1.19. The van der Waals surface area contributed by atoms with E-state index in [-0.39, 0.29) is 0 Å². The molecule has 0 saturated carbocycles. The summed E-state index contributed by atoms with van der Waals surface area (Å²) >= 11 is 0. The molecule has 38 valence electrons. The minimum absolute atomic E-state index is 0.350. The van der Waals surface area contributed by atoms with Crippen LogP contribution in [0.2, 0.25) is 0 Å². The van der Waals surface area contributed by atoms with E-state index in [1.807, 2.05) is 0 Å². The van der Waals surface area contributed by atoms with Crippen LogP contribution in [0.4, 0.5) is 0 Å². The number of aldehydes is 1. The highest BCUT2D eigenvalue weighted by Crippen LogP contribution is 1.66. The van der Waals surface area contributed by atoms with Crippen LogP contribution in [-0.4, -0.2) is 11.2 Å². The van der Waals surface area contributed by atoms with Crippen molar-refractivity contribution in [2.24, 2.45) is 0 Å². The summed E-state index contributed by atoms with van der Waals surface area (Å²) in [7, 11) is 0. The van der Waals surface area contributed by atoms with Gasteiger partial charge in [0.2, 0.25) is 6.20 Å². The number of allylic oxidation sites excluding steroid dienone is 1. The van der Waals surface area contributed by atoms with Gasteiger partial charge in [-0.25, -0.2) is 0 Å². The van der Waals surface area contributed by atoms with Crippen molar-refractivity contribution in [3.8, 4) is 0 Å². The number of carbonyl (C=O) groups is 1. The van der Waals surface area contributed by atoms with Crippen LogP contribution in [0.3, 0.4) is 0 Å². The predicted molar refractivity (Wildman–Crippen MR) is 22.2 cm³/mol. The molecule has 0 aromatic heterocycles. The first kappa shape index (κ1) is 5.81. The summed E-state index contributed by atoms with van der Waals surface area (Å²) in [6.45, 7) is 0. The van der Waals surface area contributed by atoms with Crippen molar-refractivity contribution < 1.29 is 9.72 Å². The van der Waals surface area contributed by atoms with E-state index in [0.29, 0.717) is 12.5 Å². The lowest BCUT2D eigenvalue weighted by Crippen LogP contribution is -1.81. The Morgan fingerprint density at radius 1 is 1.57 bits per heavy atom. The van der Waals surface area contributed by atoms with Gasteiger partial charge < -0.3 is 0 Å². The van der Waals surface area contributed by atoms with Crippen LogP contribution in [-0.2, 0) is 4.79 Å². The SMILES string of the molecule is O=C/C=C/[N+](=O)[O-]. The van der Waals surface area contributed by atoms with E-state index in [1.165, 1.54) is 0 Å². The zero-order chi connectivity index (χ0) is 5.70. The molecule has 0 rings (SSSR count). The number of carbonyl (C=O) groups excluding carboxylic acids is 1. The zero-order valence-electron chi connectivity index (χ0n) is 3.40. The van der Waals surface area contributed by atoms with Gasteiger partial charge in [0.05, 0.1) is 4.92 Å². The molecule has 0 radical (unpaired) electrons. The molecule has 4 nitrogen and oxygen atoms in total. The molecule has 0 bridgehead atoms. The second kappa shape index (κ2) is 3.02. The minimum Gasteiger partial charge on any atom is -0.298 e. The number of nitro groups is 1. The highest BCUT2D eigenvalue weighted by atomic mass is 16.6. The smallest absolute Gasteiger partial charge is 0.237 e. The lowest BCUT2D eigenvalue weighted by Gasteiger charge is -1.69. The van der Waals surface area contributed by atoms with Crippen LogP contribution in [0.5, 0.6) is 0 Å². The highest BCUT2D eigenvalue weighted by Gasteiger charge is 1.77. The lowest BCUT2D eigenvalue weighted by molar-refractivity contribution is -0.402. The summed E-state index contributed by atoms with van der Waals surface area (Å²) in [4.78, 5) is 17.9. The van der Waals surface area contributed by atoms with E-state index < -0.39 is 4.92 Å². The molecule has 0 N–H and O–H groups in total. The van der Waals surface area contributed by atoms with Crippen LogP contribution in [0, 0.1) is 10.1 Å². The average Bonchev–Trinajstić information content (AvgIpc) is 1.61. The zero-order valence-corrected chi connectivity index (χ0v) is 3.40. The normalized spacial score (nSPS) is 9.14. The Morgan fingerprint density at radius 2 is 2.14 bits per heavy atom. The maximum atomic E-state index is 9.32. The fourth-order valence-electron chi connectivity index (χ4n) is 0.105. The van der Waals surface area contributed by atoms with E-state index in [9.17, 15) is 14.9 Å². The molecule has 0 saturated heterocycles. The van der Waals surface area contributed by atoms with Gasteiger partial charge in [-0.1, -0.05) is 0 Å². The number of hydrogen-bond acceptors (Lipinski definition) is 3. The first-order valence-electron chi connectivity index (χ1n) is 1.53. The summed E-state index contributed by atoms with van der Waals surface area (Å²) in [5.41, 5.74) is 0. The van der Waals surface area contributed by atoms with Crippen LogP contribution in [0.1, 0.15) is 0 Å². The van der Waals surface area contributed by atoms with Crippen molar-refractivity contribution in [2.45, 2.75) is 0 Å². The molecule has 0 aliphatic rings. The van der Waals surface area contributed by atoms with Gasteiger partial charge >= 0.3 is 0 Å². The third kappa shape index (κ3) is 4.81. The van der Waals surface area contributed by atoms with Gasteiger partial charge in [0.15, 0.2) is 0 Å². The molecule has 0 atom stereocenters. The summed E-state index contributed by atoms with van der Waals surface area (Å²) in [6.07, 6.45) is 1.75. The molecule has 0 heterocycles. The molecule has 0 spiro atoms. The third-order valence-corrected chi connectivity index (χ3v) is 0.286. The second-order valence-electron chi connectivity index (χ2n) is 0.763. The third-order valence-electron chi connectivity index (χ3n) is 0.286. The van der Waals surface area contributed by atoms with E-state index in [2.05, 4.69) is 0 Å². The first-order valence-corrected chi connectivity index (χ1v) is 1.53. The van der Waals surface area contributed by atoms with Crippen molar-refractivity contribution in [1.82, 2.24) is 0 Å². The van der Waals surface area contributed by atoms with Gasteiger partial charge in [0, 0.05) is 6.08 Å². The maximum absolute atomic E-state index is 9.32. The van der Waals surface area contributed by atoms with E-state index in [1.54, 1.807) is 0 Å². The van der Waals surface area contributed by atoms with Crippen LogP contribution in [0.25, 0.3) is 0 Å². The molecule has 0 fully saturated rings. The Morgan fingerprint density at radius 3 is 2.29 bits per heavy atom. The number of rotatable bonds is 2. The molecule has 0 aromatic rings. The van der Waals surface area contributed by atoms with Gasteiger partial charge in [-0.2, -0.15) is 0 Å². The largest absolute Gasteiger partial charge is 0.298 e. The molecule has 0 unspecified atom stereocenters. The van der Waals surface area contributed by atoms with E-state index in [0.717, 1.165) is 6.08 Å². The van der Waals surface area contributed by atoms with Gasteiger partial charge in [-0.15, -0.1) is 0 Å². The fraction of sp³-hybridized carbons (Fsp3) is 0. The Balaban J connectivity index is 3.46. The quantitative estimate of drug-likeness (QED) is 0.212. The standard InChI is InChI=1S/C3H3NO3/c5-3-1-2-4(6)7/h1-3H/b2-1+. The summed E-state index contributed by atoms with van der Waals surface area (Å²) < 4.78 is 0. The van der Waals surface area contributed by atoms with Gasteiger partial charge in [0.1, 0.15) is 6.29 Å². The van der Waals surface area contributed by atoms with Crippen molar-refractivity contribution in [2.75, 3.05) is 0 Å². The Bertz CT molecular complexity index is 107. The molecule has 7 heavy (non-hydrogen) atoms. The van der Waals surface area contributed by atoms with Crippen molar-refractivity contribution in [3.05, 3.63) is 22.4 Å². The molecule has 0 aromatic carbocycles. The second-order valence-corrected chi connectivity index (χ2v) is 0.763. The number of nitrogens with zero attached hydrogens (tertiary/aromatic N) is 1. The van der Waals surface area contributed by atoms with E-state index in [4.69, 9.17) is 0 Å². The molecule has 4 heteroatoms. The molecule has 0 aliphatic heterocycles. The topological polar surface area (TPSA) is 60.2 Å². The lowest BCUT2D eigenvalue weighted by atomic mass is 10.7. The monoisotopic (exact) mass is 101 g/mol. The Kier molecular flexibility index (Phi) is 2.50. The summed E-state index contributed by atoms with van der Waals surface area (Å²) in [5, 5.41) is 9.32. The highest BCUT2D eigenvalue weighted by molar-refractivity contribution is 5.63. The van der Waals surface area contributed by atoms with Crippen molar-refractivity contribution in [1.29, 1.82) is 0 Å². The molecular formula is C3H3NO3. The van der Waals surface area contributed by atoms with Crippen LogP contribution < -0.4 is 0 Å². The van der Waals surface area contributed by atoms with Gasteiger partial charge in [-0.3, -0.25) is 14.9 Å². The van der Waals surface area contributed by atoms with Crippen LogP contribution >= 0.6 is 0 Å². The molecular weight excluding hydrogens is 98.0 g/mol. The van der Waals surface area contributed by atoms with Crippen molar-refractivity contribution >= 4 is 6.29 Å². The number of hydrogen-bond donors (Lipinski definition) is 0. The predicted octanol–water partition coefficient (Wildman–Crippen LogP) is -0.0243. The molecule has 0 amide bonds. The maximum Gasteiger partial charge on any atom is 0.237 e. The fourth-order valence-corrected chi connectivity index (χ4v) is 0.105. The summed E-state index contributed by atoms with van der Waals surface area (Å²) in [6, 6.07) is 0.